The Hall–Kier alpha value is -2.53. The molecule has 4 nitrogen and oxygen atoms in total. The Bertz CT molecular complexity index is 1100. The van der Waals surface area contributed by atoms with Crippen LogP contribution in [0.3, 0.4) is 0 Å². The average molecular weight is 331 g/mol. The van der Waals surface area contributed by atoms with Crippen LogP contribution in [0.4, 0.5) is 0 Å². The first-order valence-corrected chi connectivity index (χ1v) is 8.14. The highest BCUT2D eigenvalue weighted by Gasteiger charge is 2.36. The second-order valence-electron chi connectivity index (χ2n) is 4.91. The van der Waals surface area contributed by atoms with Crippen LogP contribution in [0.25, 0.3) is 5.70 Å². The molecule has 0 radical (unpaired) electrons. The number of benzene rings is 2. The molecule has 0 heterocycles. The Balaban J connectivity index is 2.44. The van der Waals surface area contributed by atoms with Gasteiger partial charge >= 0.3 is 0 Å². The largest absolute Gasteiger partial charge is 0.288 e. The predicted octanol–water partition coefficient (Wildman–Crippen LogP) is 3.20. The van der Waals surface area contributed by atoms with E-state index in [-0.39, 0.29) is 16.7 Å². The first-order valence-electron chi connectivity index (χ1n) is 9.63. The van der Waals surface area contributed by atoms with E-state index >= 15 is 0 Å². The van der Waals surface area contributed by atoms with Gasteiger partial charge in [0.25, 0.3) is 0 Å². The molecule has 0 N–H and O–H groups in total. The van der Waals surface area contributed by atoms with Gasteiger partial charge in [0.05, 0.1) is 11.3 Å². The van der Waals surface area contributed by atoms with Crippen LogP contribution in [0, 0.1) is 0 Å². The van der Waals surface area contributed by atoms with E-state index in [1.165, 1.54) is 36.4 Å². The summed E-state index contributed by atoms with van der Waals surface area (Å²) in [5.74, 6) is -1.46. The van der Waals surface area contributed by atoms with Crippen LogP contribution < -0.4 is 0 Å². The van der Waals surface area contributed by atoms with Gasteiger partial charge in [-0.25, -0.2) is 4.21 Å². The minimum absolute atomic E-state index is 0.0883. The van der Waals surface area contributed by atoms with Crippen LogP contribution in [0.5, 0.6) is 0 Å². The number of carbonyl (C=O) groups excluding carboxylic acids is 2. The van der Waals surface area contributed by atoms with Crippen LogP contribution in [0.1, 0.15) is 34.5 Å². The normalized spacial score (nSPS) is 18.9. The third-order valence-corrected chi connectivity index (χ3v) is 3.81. The number of ketones is 2. The van der Waals surface area contributed by atoms with Gasteiger partial charge in [0, 0.05) is 47.0 Å². The molecule has 0 saturated carbocycles. The van der Waals surface area contributed by atoms with Crippen molar-refractivity contribution in [2.75, 3.05) is 12.4 Å². The first-order chi connectivity index (χ1) is 13.4. The molecule has 0 bridgehead atoms. The van der Waals surface area contributed by atoms with E-state index in [0.29, 0.717) is 0 Å². The Morgan fingerprint density at radius 1 is 0.913 bits per heavy atom. The third-order valence-electron chi connectivity index (χ3n) is 3.37. The molecule has 2 aromatic rings. The molecular formula is C18H15NO3S. The summed E-state index contributed by atoms with van der Waals surface area (Å²) in [6.07, 6.45) is -6.95. The van der Waals surface area contributed by atoms with E-state index in [1.54, 1.807) is 18.2 Å². The monoisotopic (exact) mass is 331 g/mol. The number of fused-ring (bicyclic) bond motifs is 1. The molecule has 0 unspecified atom stereocenters. The van der Waals surface area contributed by atoms with Gasteiger partial charge < -0.3 is 0 Å². The third kappa shape index (κ3) is 2.87. The first kappa shape index (κ1) is 9.57. The highest BCUT2D eigenvalue weighted by molar-refractivity contribution is 7.92. The Labute approximate surface area is 143 Å². The van der Waals surface area contributed by atoms with Crippen molar-refractivity contribution in [1.29, 1.82) is 0 Å². The molecule has 1 aliphatic carbocycles. The number of nitrogens with zero attached hydrogens (tertiary/aromatic N) is 1. The summed E-state index contributed by atoms with van der Waals surface area (Å²) in [7, 11) is -4.88. The molecule has 0 spiro atoms. The summed E-state index contributed by atoms with van der Waals surface area (Å²) >= 11 is 0. The van der Waals surface area contributed by atoms with Crippen molar-refractivity contribution in [3.8, 4) is 0 Å². The summed E-state index contributed by atoms with van der Waals surface area (Å²) < 4.78 is 61.8. The fourth-order valence-corrected chi connectivity index (χ4v) is 2.89. The minimum Gasteiger partial charge on any atom is -0.288 e. The zero-order chi connectivity index (χ0) is 21.6. The number of hydrogen-bond donors (Lipinski definition) is 0. The van der Waals surface area contributed by atoms with E-state index in [1.807, 2.05) is 0 Å². The summed E-state index contributed by atoms with van der Waals surface area (Å²) in [6, 6.07) is 13.5. The summed E-state index contributed by atoms with van der Waals surface area (Å²) in [5, 5.41) is 0. The summed E-state index contributed by atoms with van der Waals surface area (Å²) in [6.45, 7) is 0. The van der Waals surface area contributed by atoms with Gasteiger partial charge in [0.2, 0.25) is 0 Å². The molecule has 23 heavy (non-hydrogen) atoms. The Morgan fingerprint density at radius 3 is 1.96 bits per heavy atom. The molecule has 0 aromatic heterocycles. The SMILES string of the molecule is [2H]C([2H])([2H])S(=O)(=NC(=C1C(=O)c2ccccc2C1=O)c1ccccc1)C([2H])([2H])[2H]. The van der Waals surface area contributed by atoms with Crippen molar-refractivity contribution in [2.24, 2.45) is 4.36 Å². The molecule has 0 aliphatic heterocycles. The molecule has 116 valence electrons. The number of Topliss-reactive ketones (excluding diaryl/α,β-unsaturated/α-hetero) is 2. The van der Waals surface area contributed by atoms with Gasteiger partial charge in [0.15, 0.2) is 11.6 Å². The maximum Gasteiger partial charge on any atom is 0.199 e. The number of hydrogen-bond acceptors (Lipinski definition) is 4. The molecule has 0 atom stereocenters. The molecule has 2 aromatic carbocycles. The molecule has 0 fully saturated rings. The Kier molecular flexibility index (Phi) is 2.33. The quantitative estimate of drug-likeness (QED) is 0.627. The van der Waals surface area contributed by atoms with Crippen molar-refractivity contribution in [3.05, 3.63) is 76.9 Å². The highest BCUT2D eigenvalue weighted by Crippen LogP contribution is 2.33. The maximum absolute atomic E-state index is 13.1. The number of rotatable bonds is 2. The van der Waals surface area contributed by atoms with Gasteiger partial charge in [0.1, 0.15) is 0 Å². The van der Waals surface area contributed by atoms with Crippen LogP contribution in [-0.2, 0) is 9.73 Å². The Morgan fingerprint density at radius 2 is 1.43 bits per heavy atom. The number of carbonyl (C=O) groups is 2. The number of allylic oxidation sites excluding steroid dienone is 1. The lowest BCUT2D eigenvalue weighted by Gasteiger charge is -2.07. The van der Waals surface area contributed by atoms with E-state index in [4.69, 9.17) is 8.22 Å². The van der Waals surface area contributed by atoms with Crippen molar-refractivity contribution in [3.63, 3.8) is 0 Å². The molecule has 0 saturated heterocycles. The molecule has 5 heteroatoms. The van der Waals surface area contributed by atoms with E-state index in [2.05, 4.69) is 4.36 Å². The zero-order valence-electron chi connectivity index (χ0n) is 17.8. The van der Waals surface area contributed by atoms with Crippen molar-refractivity contribution < 1.29 is 22.0 Å². The second-order valence-corrected chi connectivity index (χ2v) is 6.14. The maximum atomic E-state index is 13.1. The summed E-state index contributed by atoms with van der Waals surface area (Å²) in [4.78, 5) is 25.8. The van der Waals surface area contributed by atoms with Crippen LogP contribution >= 0.6 is 0 Å². The fraction of sp³-hybridized carbons (Fsp3) is 0.111. The minimum atomic E-state index is -4.88. The van der Waals surface area contributed by atoms with Crippen molar-refractivity contribution >= 4 is 27.0 Å². The van der Waals surface area contributed by atoms with Gasteiger partial charge in [-0.2, -0.15) is 4.36 Å². The lowest BCUT2D eigenvalue weighted by atomic mass is 10.0. The van der Waals surface area contributed by atoms with Crippen LogP contribution in [-0.4, -0.2) is 28.1 Å². The highest BCUT2D eigenvalue weighted by atomic mass is 32.2. The second kappa shape index (κ2) is 5.59. The van der Waals surface area contributed by atoms with Gasteiger partial charge in [-0.3, -0.25) is 9.59 Å². The van der Waals surface area contributed by atoms with Crippen LogP contribution in [0.15, 0.2) is 64.5 Å². The van der Waals surface area contributed by atoms with E-state index < -0.39 is 44.9 Å². The molecule has 3 rings (SSSR count). The topological polar surface area (TPSA) is 63.6 Å². The van der Waals surface area contributed by atoms with Gasteiger partial charge in [-0.15, -0.1) is 0 Å². The summed E-state index contributed by atoms with van der Waals surface area (Å²) in [5.41, 5.74) is -0.721. The molecular weight excluding hydrogens is 310 g/mol. The standard InChI is InChI=1S/C18H15NO3S/c1-23(2,22)19-16(12-8-4-3-5-9-12)15-17(20)13-10-6-7-11-14(13)18(15)21/h3-11H,1-2H3/i1D3,2D3. The van der Waals surface area contributed by atoms with Crippen molar-refractivity contribution in [2.45, 2.75) is 0 Å². The molecule has 0 amide bonds. The average Bonchev–Trinajstić information content (AvgIpc) is 2.90. The van der Waals surface area contributed by atoms with E-state index in [9.17, 15) is 13.8 Å². The van der Waals surface area contributed by atoms with Gasteiger partial charge in [-0.1, -0.05) is 54.6 Å². The lowest BCUT2D eigenvalue weighted by molar-refractivity contribution is 0.0990. The molecule has 1 aliphatic rings. The smallest absolute Gasteiger partial charge is 0.199 e. The van der Waals surface area contributed by atoms with Crippen molar-refractivity contribution in [1.82, 2.24) is 0 Å². The lowest BCUT2D eigenvalue weighted by Crippen LogP contribution is -2.06. The van der Waals surface area contributed by atoms with Crippen LogP contribution in [0.2, 0.25) is 0 Å². The zero-order valence-corrected chi connectivity index (χ0v) is 12.6. The van der Waals surface area contributed by atoms with E-state index in [0.717, 1.165) is 0 Å². The predicted molar refractivity (Wildman–Crippen MR) is 90.9 cm³/mol. The van der Waals surface area contributed by atoms with Gasteiger partial charge in [-0.05, 0) is 0 Å². The fourth-order valence-electron chi connectivity index (χ4n) is 2.43.